The molecule has 29 heavy (non-hydrogen) atoms. The molecule has 3 aromatic rings. The van der Waals surface area contributed by atoms with Crippen LogP contribution < -0.4 is 10.6 Å². The largest absolute Gasteiger partial charge is 0.459 e. The molecular weight excluding hydrogens is 374 g/mol. The van der Waals surface area contributed by atoms with Gasteiger partial charge in [0.1, 0.15) is 0 Å². The highest BCUT2D eigenvalue weighted by Crippen LogP contribution is 2.18. The molecular formula is C21H15N3O5. The third-order valence-corrected chi connectivity index (χ3v) is 3.75. The van der Waals surface area contributed by atoms with E-state index in [1.165, 1.54) is 30.5 Å². The molecule has 8 heteroatoms. The van der Waals surface area contributed by atoms with Crippen LogP contribution >= 0.6 is 0 Å². The van der Waals surface area contributed by atoms with E-state index >= 15 is 0 Å². The van der Waals surface area contributed by atoms with Crippen molar-refractivity contribution in [2.45, 2.75) is 0 Å². The van der Waals surface area contributed by atoms with Crippen LogP contribution in [0.3, 0.4) is 0 Å². The molecule has 0 saturated carbocycles. The first-order valence-electron chi connectivity index (χ1n) is 8.48. The minimum atomic E-state index is -0.777. The Bertz CT molecular complexity index is 1080. The second kappa shape index (κ2) is 9.01. The van der Waals surface area contributed by atoms with Crippen molar-refractivity contribution >= 4 is 29.2 Å². The lowest BCUT2D eigenvalue weighted by atomic mass is 10.1. The van der Waals surface area contributed by atoms with Crippen LogP contribution in [0.2, 0.25) is 0 Å². The number of amides is 2. The molecule has 2 aromatic carbocycles. The number of hydrogen-bond donors (Lipinski definition) is 2. The number of ether oxygens (including phenoxy) is 1. The van der Waals surface area contributed by atoms with Crippen LogP contribution in [-0.2, 0) is 9.53 Å². The number of anilines is 2. The van der Waals surface area contributed by atoms with Crippen LogP contribution in [0.4, 0.5) is 11.4 Å². The zero-order valence-corrected chi connectivity index (χ0v) is 15.0. The molecule has 2 amide bonds. The van der Waals surface area contributed by atoms with Gasteiger partial charge in [-0.1, -0.05) is 18.2 Å². The van der Waals surface area contributed by atoms with Gasteiger partial charge in [0, 0.05) is 5.69 Å². The summed E-state index contributed by atoms with van der Waals surface area (Å²) in [6, 6.07) is 17.6. The Hall–Kier alpha value is -4.38. The summed E-state index contributed by atoms with van der Waals surface area (Å²) in [7, 11) is 0. The maximum absolute atomic E-state index is 12.4. The third-order valence-electron chi connectivity index (χ3n) is 3.75. The minimum Gasteiger partial charge on any atom is -0.459 e. The standard InChI is InChI=1S/C21H15N3O5/c22-12-14-5-3-6-15(11-14)23-19(25)13-29-21(27)16-7-1-2-8-17(16)24-20(26)18-9-4-10-28-18/h1-11H,13H2,(H,23,25)(H,24,26). The van der Waals surface area contributed by atoms with E-state index in [-0.39, 0.29) is 17.0 Å². The molecule has 0 spiro atoms. The van der Waals surface area contributed by atoms with Crippen molar-refractivity contribution in [3.8, 4) is 6.07 Å². The number of nitriles is 1. The topological polar surface area (TPSA) is 121 Å². The number of esters is 1. The van der Waals surface area contributed by atoms with Gasteiger partial charge in [-0.05, 0) is 42.5 Å². The Balaban J connectivity index is 1.61. The van der Waals surface area contributed by atoms with Crippen molar-refractivity contribution < 1.29 is 23.5 Å². The van der Waals surface area contributed by atoms with Crippen molar-refractivity contribution in [1.29, 1.82) is 5.26 Å². The summed E-state index contributed by atoms with van der Waals surface area (Å²) in [5, 5.41) is 14.0. The maximum atomic E-state index is 12.4. The lowest BCUT2D eigenvalue weighted by Gasteiger charge is -2.10. The monoisotopic (exact) mass is 389 g/mol. The second-order valence-corrected chi connectivity index (χ2v) is 5.79. The molecule has 0 radical (unpaired) electrons. The first-order chi connectivity index (χ1) is 14.1. The Morgan fingerprint density at radius 2 is 1.83 bits per heavy atom. The zero-order valence-electron chi connectivity index (χ0n) is 15.0. The van der Waals surface area contributed by atoms with Gasteiger partial charge in [0.25, 0.3) is 11.8 Å². The van der Waals surface area contributed by atoms with Gasteiger partial charge in [0.05, 0.1) is 29.1 Å². The maximum Gasteiger partial charge on any atom is 0.340 e. The van der Waals surface area contributed by atoms with Crippen LogP contribution in [-0.4, -0.2) is 24.4 Å². The second-order valence-electron chi connectivity index (χ2n) is 5.79. The van der Waals surface area contributed by atoms with Crippen molar-refractivity contribution in [3.05, 3.63) is 83.8 Å². The van der Waals surface area contributed by atoms with Crippen molar-refractivity contribution in [2.75, 3.05) is 17.2 Å². The number of furan rings is 1. The number of rotatable bonds is 6. The number of nitrogens with zero attached hydrogens (tertiary/aromatic N) is 1. The molecule has 0 bridgehead atoms. The molecule has 8 nitrogen and oxygen atoms in total. The van der Waals surface area contributed by atoms with E-state index < -0.39 is 24.4 Å². The average Bonchev–Trinajstić information content (AvgIpc) is 3.27. The van der Waals surface area contributed by atoms with E-state index in [9.17, 15) is 14.4 Å². The summed E-state index contributed by atoms with van der Waals surface area (Å²) in [6.45, 7) is -0.532. The fourth-order valence-electron chi connectivity index (χ4n) is 2.43. The van der Waals surface area contributed by atoms with Crippen LogP contribution in [0.5, 0.6) is 0 Å². The molecule has 0 atom stereocenters. The highest BCUT2D eigenvalue weighted by atomic mass is 16.5. The summed E-state index contributed by atoms with van der Waals surface area (Å²) in [4.78, 5) is 36.5. The predicted octanol–water partition coefficient (Wildman–Crippen LogP) is 3.20. The van der Waals surface area contributed by atoms with Crippen molar-refractivity contribution in [1.82, 2.24) is 0 Å². The third kappa shape index (κ3) is 5.08. The molecule has 0 aliphatic rings. The zero-order chi connectivity index (χ0) is 20.6. The highest BCUT2D eigenvalue weighted by Gasteiger charge is 2.17. The number of benzene rings is 2. The van der Waals surface area contributed by atoms with Crippen LogP contribution in [0.1, 0.15) is 26.5 Å². The van der Waals surface area contributed by atoms with E-state index in [0.29, 0.717) is 11.3 Å². The number of carbonyl (C=O) groups excluding carboxylic acids is 3. The first kappa shape index (κ1) is 19.4. The molecule has 3 rings (SSSR count). The van der Waals surface area contributed by atoms with Crippen LogP contribution in [0.25, 0.3) is 0 Å². The van der Waals surface area contributed by atoms with E-state index in [2.05, 4.69) is 10.6 Å². The first-order valence-corrected chi connectivity index (χ1v) is 8.48. The number of para-hydroxylation sites is 1. The van der Waals surface area contributed by atoms with Gasteiger partial charge in [-0.25, -0.2) is 4.79 Å². The lowest BCUT2D eigenvalue weighted by molar-refractivity contribution is -0.119. The molecule has 0 unspecified atom stereocenters. The number of nitrogens with one attached hydrogen (secondary N) is 2. The average molecular weight is 389 g/mol. The molecule has 1 aromatic heterocycles. The smallest absolute Gasteiger partial charge is 0.340 e. The number of hydrogen-bond acceptors (Lipinski definition) is 6. The van der Waals surface area contributed by atoms with Crippen LogP contribution in [0, 0.1) is 11.3 Å². The number of carbonyl (C=O) groups is 3. The van der Waals surface area contributed by atoms with Gasteiger partial charge >= 0.3 is 5.97 Å². The molecule has 0 aliphatic carbocycles. The summed E-state index contributed by atoms with van der Waals surface area (Å²) >= 11 is 0. The Labute approximate surface area is 165 Å². The fraction of sp³-hybridized carbons (Fsp3) is 0.0476. The highest BCUT2D eigenvalue weighted by molar-refractivity contribution is 6.07. The minimum absolute atomic E-state index is 0.0895. The van der Waals surface area contributed by atoms with Gasteiger partial charge in [0.15, 0.2) is 12.4 Å². The Morgan fingerprint density at radius 1 is 1.00 bits per heavy atom. The van der Waals surface area contributed by atoms with E-state index in [4.69, 9.17) is 14.4 Å². The van der Waals surface area contributed by atoms with Crippen molar-refractivity contribution in [2.24, 2.45) is 0 Å². The van der Waals surface area contributed by atoms with Gasteiger partial charge in [-0.3, -0.25) is 9.59 Å². The lowest BCUT2D eigenvalue weighted by Crippen LogP contribution is -2.22. The summed E-state index contributed by atoms with van der Waals surface area (Å²) in [5.41, 5.74) is 1.12. The van der Waals surface area contributed by atoms with Gasteiger partial charge < -0.3 is 19.8 Å². The molecule has 144 valence electrons. The Kier molecular flexibility index (Phi) is 6.02. The summed E-state index contributed by atoms with van der Waals surface area (Å²) in [6.07, 6.45) is 1.36. The molecule has 0 saturated heterocycles. The summed E-state index contributed by atoms with van der Waals surface area (Å²) < 4.78 is 10.1. The molecule has 2 N–H and O–H groups in total. The van der Waals surface area contributed by atoms with E-state index in [1.807, 2.05) is 6.07 Å². The van der Waals surface area contributed by atoms with Gasteiger partial charge in [0.2, 0.25) is 0 Å². The van der Waals surface area contributed by atoms with Crippen molar-refractivity contribution in [3.63, 3.8) is 0 Å². The van der Waals surface area contributed by atoms with E-state index in [0.717, 1.165) is 0 Å². The predicted molar refractivity (Wildman–Crippen MR) is 103 cm³/mol. The quantitative estimate of drug-likeness (QED) is 0.625. The van der Waals surface area contributed by atoms with Gasteiger partial charge in [-0.15, -0.1) is 0 Å². The molecule has 0 aliphatic heterocycles. The summed E-state index contributed by atoms with van der Waals surface area (Å²) in [5.74, 6) is -1.77. The van der Waals surface area contributed by atoms with Gasteiger partial charge in [-0.2, -0.15) is 5.26 Å². The SMILES string of the molecule is N#Cc1cccc(NC(=O)COC(=O)c2ccccc2NC(=O)c2ccco2)c1. The normalized spacial score (nSPS) is 9.90. The fourth-order valence-corrected chi connectivity index (χ4v) is 2.43. The molecule has 1 heterocycles. The Morgan fingerprint density at radius 3 is 2.59 bits per heavy atom. The molecule has 0 fully saturated rings. The van der Waals surface area contributed by atoms with Crippen LogP contribution in [0.15, 0.2) is 71.3 Å². The van der Waals surface area contributed by atoms with E-state index in [1.54, 1.807) is 36.4 Å².